The zero-order valence-electron chi connectivity index (χ0n) is 10.2. The largest absolute Gasteiger partial charge is 0.379 e. The first-order valence-electron chi connectivity index (χ1n) is 5.92. The molecule has 0 aromatic rings. The van der Waals surface area contributed by atoms with Crippen molar-refractivity contribution in [2.24, 2.45) is 0 Å². The first-order valence-corrected chi connectivity index (χ1v) is 6.42. The van der Waals surface area contributed by atoms with Crippen LogP contribution in [0.3, 0.4) is 0 Å². The van der Waals surface area contributed by atoms with Gasteiger partial charge in [-0.1, -0.05) is 0 Å². The summed E-state index contributed by atoms with van der Waals surface area (Å²) < 4.78 is 21.5. The van der Waals surface area contributed by atoms with E-state index in [4.69, 9.17) is 18.9 Å². The fourth-order valence-electron chi connectivity index (χ4n) is 1.44. The van der Waals surface area contributed by atoms with Gasteiger partial charge in [-0.3, -0.25) is 0 Å². The third kappa shape index (κ3) is 5.96. The van der Waals surface area contributed by atoms with Crippen LogP contribution in [0, 0.1) is 0 Å². The Balaban J connectivity index is 2.05. The van der Waals surface area contributed by atoms with Crippen molar-refractivity contribution in [1.82, 2.24) is 0 Å². The zero-order chi connectivity index (χ0) is 11.9. The highest BCUT2D eigenvalue weighted by atomic mass is 28.1. The van der Waals surface area contributed by atoms with E-state index < -0.39 is 5.41 Å². The van der Waals surface area contributed by atoms with Crippen molar-refractivity contribution in [3.63, 3.8) is 0 Å². The van der Waals surface area contributed by atoms with Crippen molar-refractivity contribution >= 4 is 10.2 Å². The molecule has 0 bridgehead atoms. The third-order valence-corrected chi connectivity index (χ3v) is 2.79. The van der Waals surface area contributed by atoms with Crippen LogP contribution >= 0.6 is 0 Å². The first kappa shape index (κ1) is 14.1. The molecule has 5 heteroatoms. The van der Waals surface area contributed by atoms with Gasteiger partial charge in [-0.05, 0) is 26.7 Å². The van der Waals surface area contributed by atoms with Gasteiger partial charge in [-0.25, -0.2) is 0 Å². The maximum atomic E-state index is 5.52. The molecule has 3 radical (unpaired) electrons. The fourth-order valence-corrected chi connectivity index (χ4v) is 1.90. The van der Waals surface area contributed by atoms with Crippen molar-refractivity contribution < 1.29 is 18.9 Å². The summed E-state index contributed by atoms with van der Waals surface area (Å²) in [4.78, 5) is 0. The molecule has 0 saturated carbocycles. The van der Waals surface area contributed by atoms with Crippen LogP contribution in [0.2, 0.25) is 0 Å². The molecule has 0 amide bonds. The molecule has 0 N–H and O–H groups in total. The van der Waals surface area contributed by atoms with Gasteiger partial charge in [0.25, 0.3) is 0 Å². The number of ether oxygens (including phenoxy) is 4. The molecule has 0 aromatic heterocycles. The molecule has 0 spiro atoms. The quantitative estimate of drug-likeness (QED) is 0.250. The lowest BCUT2D eigenvalue weighted by atomic mass is 10.3. The summed E-state index contributed by atoms with van der Waals surface area (Å²) in [7, 11) is 3.53. The van der Waals surface area contributed by atoms with Gasteiger partial charge < -0.3 is 18.9 Å². The molecule has 1 atom stereocenters. The van der Waals surface area contributed by atoms with E-state index in [-0.39, 0.29) is 0 Å². The maximum absolute atomic E-state index is 5.52. The molecule has 93 valence electrons. The zero-order valence-corrected chi connectivity index (χ0v) is 11.2. The standard InChI is InChI=1S/C11H21O4Si/c1-3-14-11(16,15-4-2)6-5-7-12-8-10-9-13-10/h10H,3-9H2,1-2H3. The Hall–Kier alpha value is 0.0569. The Bertz CT molecular complexity index is 179. The van der Waals surface area contributed by atoms with Crippen molar-refractivity contribution in [3.05, 3.63) is 0 Å². The van der Waals surface area contributed by atoms with Gasteiger partial charge in [-0.2, -0.15) is 0 Å². The Morgan fingerprint density at radius 2 is 1.94 bits per heavy atom. The minimum atomic E-state index is -0.650. The molecular formula is C11H21O4Si. The highest BCUT2D eigenvalue weighted by Gasteiger charge is 2.25. The Labute approximate surface area is 101 Å². The third-order valence-electron chi connectivity index (χ3n) is 2.26. The number of epoxide rings is 1. The van der Waals surface area contributed by atoms with E-state index in [0.717, 1.165) is 19.4 Å². The van der Waals surface area contributed by atoms with Gasteiger partial charge in [0.1, 0.15) is 21.8 Å². The molecule has 1 heterocycles. The molecule has 1 saturated heterocycles. The molecule has 1 unspecified atom stereocenters. The van der Waals surface area contributed by atoms with Crippen molar-refractivity contribution in [1.29, 1.82) is 0 Å². The van der Waals surface area contributed by atoms with Gasteiger partial charge in [0.2, 0.25) is 0 Å². The van der Waals surface area contributed by atoms with E-state index >= 15 is 0 Å². The second-order valence-corrected chi connectivity index (χ2v) is 4.51. The van der Waals surface area contributed by atoms with Crippen LogP contribution in [0.4, 0.5) is 0 Å². The predicted molar refractivity (Wildman–Crippen MR) is 61.5 cm³/mol. The number of hydrogen-bond donors (Lipinski definition) is 0. The van der Waals surface area contributed by atoms with Crippen molar-refractivity contribution in [2.45, 2.75) is 38.2 Å². The van der Waals surface area contributed by atoms with Crippen LogP contribution in [0.25, 0.3) is 0 Å². The Morgan fingerprint density at radius 3 is 2.44 bits per heavy atom. The lowest BCUT2D eigenvalue weighted by molar-refractivity contribution is -0.178. The highest BCUT2D eigenvalue weighted by molar-refractivity contribution is 6.13. The lowest BCUT2D eigenvalue weighted by Gasteiger charge is -2.29. The van der Waals surface area contributed by atoms with Gasteiger partial charge in [0.05, 0.1) is 13.2 Å². The van der Waals surface area contributed by atoms with Crippen LogP contribution in [0.1, 0.15) is 26.7 Å². The average molecular weight is 245 g/mol. The van der Waals surface area contributed by atoms with E-state index in [0.29, 0.717) is 32.5 Å². The predicted octanol–water partition coefficient (Wildman–Crippen LogP) is 1.08. The first-order chi connectivity index (χ1) is 7.70. The van der Waals surface area contributed by atoms with E-state index in [1.165, 1.54) is 0 Å². The minimum absolute atomic E-state index is 0.340. The molecular weight excluding hydrogens is 224 g/mol. The van der Waals surface area contributed by atoms with Crippen molar-refractivity contribution in [2.75, 3.05) is 33.0 Å². The van der Waals surface area contributed by atoms with Gasteiger partial charge in [0.15, 0.2) is 0 Å². The topological polar surface area (TPSA) is 40.2 Å². The second-order valence-electron chi connectivity index (χ2n) is 3.75. The van der Waals surface area contributed by atoms with Crippen LogP contribution in [-0.2, 0) is 18.9 Å². The summed E-state index contributed by atoms with van der Waals surface area (Å²) in [6.45, 7) is 7.42. The molecule has 1 fully saturated rings. The number of rotatable bonds is 10. The summed E-state index contributed by atoms with van der Waals surface area (Å²) in [6, 6.07) is 0. The van der Waals surface area contributed by atoms with Crippen LogP contribution in [0.15, 0.2) is 0 Å². The van der Waals surface area contributed by atoms with Crippen molar-refractivity contribution in [3.8, 4) is 0 Å². The van der Waals surface area contributed by atoms with Crippen LogP contribution in [0.5, 0.6) is 0 Å². The summed E-state index contributed by atoms with van der Waals surface area (Å²) in [5.74, 6) is 0. The Morgan fingerprint density at radius 1 is 1.31 bits per heavy atom. The molecule has 1 aliphatic heterocycles. The summed E-state index contributed by atoms with van der Waals surface area (Å²) in [5, 5.41) is 0. The van der Waals surface area contributed by atoms with E-state index in [9.17, 15) is 0 Å². The van der Waals surface area contributed by atoms with E-state index in [1.54, 1.807) is 0 Å². The summed E-state index contributed by atoms with van der Waals surface area (Å²) >= 11 is 0. The second kappa shape index (κ2) is 7.40. The van der Waals surface area contributed by atoms with Crippen LogP contribution in [-0.4, -0.2) is 54.8 Å². The average Bonchev–Trinajstić information content (AvgIpc) is 3.02. The maximum Gasteiger partial charge on any atom is 0.144 e. The monoisotopic (exact) mass is 245 g/mol. The van der Waals surface area contributed by atoms with Gasteiger partial charge >= 0.3 is 0 Å². The molecule has 0 aliphatic carbocycles. The lowest BCUT2D eigenvalue weighted by Crippen LogP contribution is -2.37. The van der Waals surface area contributed by atoms with Crippen LogP contribution < -0.4 is 0 Å². The molecule has 1 aliphatic rings. The normalized spacial score (nSPS) is 20.1. The molecule has 4 nitrogen and oxygen atoms in total. The van der Waals surface area contributed by atoms with Gasteiger partial charge in [0, 0.05) is 19.8 Å². The van der Waals surface area contributed by atoms with Gasteiger partial charge in [-0.15, -0.1) is 0 Å². The fraction of sp³-hybridized carbons (Fsp3) is 1.00. The Kier molecular flexibility index (Phi) is 6.53. The smallest absolute Gasteiger partial charge is 0.144 e. The molecule has 16 heavy (non-hydrogen) atoms. The highest BCUT2D eigenvalue weighted by Crippen LogP contribution is 2.16. The van der Waals surface area contributed by atoms with E-state index in [2.05, 4.69) is 10.2 Å². The SMILES string of the molecule is CCOC([Si])(CCCOCC1CO1)OCC. The molecule has 1 rings (SSSR count). The molecule has 0 aromatic carbocycles. The summed E-state index contributed by atoms with van der Waals surface area (Å²) in [6.07, 6.45) is 2.01. The number of hydrogen-bond acceptors (Lipinski definition) is 4. The summed E-state index contributed by atoms with van der Waals surface area (Å²) in [5.41, 5.74) is -0.650. The minimum Gasteiger partial charge on any atom is -0.379 e. The van der Waals surface area contributed by atoms with E-state index in [1.807, 2.05) is 13.8 Å².